The number of pyridine rings is 1. The smallest absolute Gasteiger partial charge is 0.336 e. The molecule has 1 aliphatic rings. The SMILES string of the molecule is Cc1cc(=O)oc2c(C)c(OCC(=O)N3CCC(c4nnc5ccccn45)CC3)ccc12. The van der Waals surface area contributed by atoms with Gasteiger partial charge in [0.1, 0.15) is 17.2 Å². The first-order chi connectivity index (χ1) is 15.5. The monoisotopic (exact) mass is 432 g/mol. The predicted octanol–water partition coefficient (Wildman–Crippen LogP) is 3.24. The lowest BCUT2D eigenvalue weighted by molar-refractivity contribution is -0.134. The molecule has 8 nitrogen and oxygen atoms in total. The minimum Gasteiger partial charge on any atom is -0.483 e. The number of likely N-dealkylation sites (tertiary alicyclic amines) is 1. The third kappa shape index (κ3) is 3.62. The highest BCUT2D eigenvalue weighted by atomic mass is 16.5. The average Bonchev–Trinajstić information content (AvgIpc) is 3.23. The van der Waals surface area contributed by atoms with Gasteiger partial charge in [0.05, 0.1) is 0 Å². The van der Waals surface area contributed by atoms with E-state index < -0.39 is 5.63 Å². The third-order valence-corrected chi connectivity index (χ3v) is 6.22. The highest BCUT2D eigenvalue weighted by Crippen LogP contribution is 2.29. The normalized spacial score (nSPS) is 14.9. The van der Waals surface area contributed by atoms with E-state index in [1.54, 1.807) is 0 Å². The van der Waals surface area contributed by atoms with Crippen LogP contribution < -0.4 is 10.4 Å². The van der Waals surface area contributed by atoms with E-state index in [4.69, 9.17) is 9.15 Å². The van der Waals surface area contributed by atoms with Crippen molar-refractivity contribution in [1.82, 2.24) is 19.5 Å². The number of nitrogens with zero attached hydrogens (tertiary/aromatic N) is 4. The average molecular weight is 432 g/mol. The minimum absolute atomic E-state index is 0.0546. The maximum atomic E-state index is 12.8. The van der Waals surface area contributed by atoms with Gasteiger partial charge < -0.3 is 14.1 Å². The van der Waals surface area contributed by atoms with Crippen molar-refractivity contribution in [1.29, 1.82) is 0 Å². The molecule has 1 fully saturated rings. The van der Waals surface area contributed by atoms with Gasteiger partial charge in [0, 0.05) is 42.2 Å². The molecular weight excluding hydrogens is 408 g/mol. The van der Waals surface area contributed by atoms with Gasteiger partial charge >= 0.3 is 5.63 Å². The second-order valence-corrected chi connectivity index (χ2v) is 8.24. The first-order valence-electron chi connectivity index (χ1n) is 10.8. The molecule has 3 aromatic heterocycles. The quantitative estimate of drug-likeness (QED) is 0.460. The van der Waals surface area contributed by atoms with Gasteiger partial charge in [0.25, 0.3) is 5.91 Å². The van der Waals surface area contributed by atoms with E-state index in [2.05, 4.69) is 10.2 Å². The van der Waals surface area contributed by atoms with Crippen LogP contribution in [0, 0.1) is 13.8 Å². The van der Waals surface area contributed by atoms with E-state index in [0.717, 1.165) is 35.3 Å². The highest BCUT2D eigenvalue weighted by Gasteiger charge is 2.27. The van der Waals surface area contributed by atoms with Gasteiger partial charge in [-0.25, -0.2) is 4.79 Å². The topological polar surface area (TPSA) is 89.9 Å². The Kier molecular flexibility index (Phi) is 5.13. The molecule has 8 heteroatoms. The molecular formula is C24H24N4O4. The van der Waals surface area contributed by atoms with Crippen LogP contribution in [0.2, 0.25) is 0 Å². The molecule has 5 rings (SSSR count). The van der Waals surface area contributed by atoms with Crippen LogP contribution in [-0.2, 0) is 4.79 Å². The second-order valence-electron chi connectivity index (χ2n) is 8.24. The Morgan fingerprint density at radius 3 is 2.78 bits per heavy atom. The van der Waals surface area contributed by atoms with Gasteiger partial charge in [0.15, 0.2) is 12.3 Å². The van der Waals surface area contributed by atoms with Crippen molar-refractivity contribution in [2.24, 2.45) is 0 Å². The van der Waals surface area contributed by atoms with Crippen molar-refractivity contribution >= 4 is 22.5 Å². The Morgan fingerprint density at radius 1 is 1.16 bits per heavy atom. The van der Waals surface area contributed by atoms with Gasteiger partial charge in [-0.1, -0.05) is 6.07 Å². The van der Waals surface area contributed by atoms with Gasteiger partial charge in [-0.3, -0.25) is 9.20 Å². The molecule has 4 heterocycles. The number of benzene rings is 1. The number of hydrogen-bond donors (Lipinski definition) is 0. The Hall–Kier alpha value is -3.68. The summed E-state index contributed by atoms with van der Waals surface area (Å²) < 4.78 is 13.2. The number of piperidine rings is 1. The maximum absolute atomic E-state index is 12.8. The van der Waals surface area contributed by atoms with Crippen molar-refractivity contribution in [2.45, 2.75) is 32.6 Å². The summed E-state index contributed by atoms with van der Waals surface area (Å²) in [4.78, 5) is 26.3. The Labute approximate surface area is 184 Å². The summed E-state index contributed by atoms with van der Waals surface area (Å²) in [6, 6.07) is 11.0. The number of hydrogen-bond acceptors (Lipinski definition) is 6. The molecule has 0 N–H and O–H groups in total. The zero-order chi connectivity index (χ0) is 22.2. The van der Waals surface area contributed by atoms with Crippen molar-refractivity contribution in [3.63, 3.8) is 0 Å². The van der Waals surface area contributed by atoms with Gasteiger partial charge in [-0.05, 0) is 56.5 Å². The lowest BCUT2D eigenvalue weighted by Gasteiger charge is -2.31. The lowest BCUT2D eigenvalue weighted by atomic mass is 9.96. The standard InChI is InChI=1S/C24H24N4O4/c1-15-13-22(30)32-23-16(2)19(7-6-18(15)23)31-14-21(29)27-11-8-17(9-12-27)24-26-25-20-5-3-4-10-28(20)24/h3-7,10,13,17H,8-9,11-12,14H2,1-2H3. The summed E-state index contributed by atoms with van der Waals surface area (Å²) in [7, 11) is 0. The van der Waals surface area contributed by atoms with E-state index in [-0.39, 0.29) is 18.4 Å². The molecule has 4 aromatic rings. The number of ether oxygens (including phenoxy) is 1. The van der Waals surface area contributed by atoms with Crippen molar-refractivity contribution in [3.05, 3.63) is 70.0 Å². The number of aromatic nitrogens is 3. The van der Waals surface area contributed by atoms with Crippen molar-refractivity contribution in [3.8, 4) is 5.75 Å². The first-order valence-corrected chi connectivity index (χ1v) is 10.8. The summed E-state index contributed by atoms with van der Waals surface area (Å²) in [5, 5.41) is 9.47. The first kappa shape index (κ1) is 20.2. The number of carbonyl (C=O) groups is 1. The van der Waals surface area contributed by atoms with Crippen LogP contribution in [-0.4, -0.2) is 45.1 Å². The lowest BCUT2D eigenvalue weighted by Crippen LogP contribution is -2.40. The fraction of sp³-hybridized carbons (Fsp3) is 0.333. The summed E-state index contributed by atoms with van der Waals surface area (Å²) in [6.07, 6.45) is 3.65. The fourth-order valence-electron chi connectivity index (χ4n) is 4.41. The van der Waals surface area contributed by atoms with E-state index in [0.29, 0.717) is 30.0 Å². The number of carbonyl (C=O) groups excluding carboxylic acids is 1. The van der Waals surface area contributed by atoms with Crippen LogP contribution in [0.25, 0.3) is 16.6 Å². The Balaban J connectivity index is 1.23. The maximum Gasteiger partial charge on any atom is 0.336 e. The largest absolute Gasteiger partial charge is 0.483 e. The molecule has 0 atom stereocenters. The predicted molar refractivity (Wildman–Crippen MR) is 119 cm³/mol. The molecule has 1 amide bonds. The van der Waals surface area contributed by atoms with Crippen LogP contribution >= 0.6 is 0 Å². The van der Waals surface area contributed by atoms with Crippen molar-refractivity contribution in [2.75, 3.05) is 19.7 Å². The molecule has 1 aromatic carbocycles. The van der Waals surface area contributed by atoms with Crippen LogP contribution in [0.3, 0.4) is 0 Å². The van der Waals surface area contributed by atoms with Gasteiger partial charge in [0.2, 0.25) is 0 Å². The molecule has 0 saturated carbocycles. The molecule has 1 saturated heterocycles. The van der Waals surface area contributed by atoms with Crippen LogP contribution in [0.4, 0.5) is 0 Å². The molecule has 0 aliphatic carbocycles. The molecule has 1 aliphatic heterocycles. The highest BCUT2D eigenvalue weighted by molar-refractivity contribution is 5.85. The molecule has 0 bridgehead atoms. The molecule has 164 valence electrons. The van der Waals surface area contributed by atoms with Crippen LogP contribution in [0.15, 0.2) is 51.8 Å². The number of rotatable bonds is 4. The Bertz CT molecular complexity index is 1370. The second kappa shape index (κ2) is 8.11. The Morgan fingerprint density at radius 2 is 1.97 bits per heavy atom. The number of aryl methyl sites for hydroxylation is 2. The summed E-state index contributed by atoms with van der Waals surface area (Å²) in [5.41, 5.74) is 2.51. The van der Waals surface area contributed by atoms with Crippen molar-refractivity contribution < 1.29 is 13.9 Å². The summed E-state index contributed by atoms with van der Waals surface area (Å²) in [6.45, 7) is 4.95. The molecule has 0 radical (unpaired) electrons. The van der Waals surface area contributed by atoms with Gasteiger partial charge in [-0.2, -0.15) is 0 Å². The van der Waals surface area contributed by atoms with E-state index >= 15 is 0 Å². The molecule has 0 spiro atoms. The molecule has 0 unspecified atom stereocenters. The summed E-state index contributed by atoms with van der Waals surface area (Å²) in [5.74, 6) is 1.71. The summed E-state index contributed by atoms with van der Waals surface area (Å²) >= 11 is 0. The third-order valence-electron chi connectivity index (χ3n) is 6.22. The van der Waals surface area contributed by atoms with E-state index in [1.807, 2.05) is 59.7 Å². The zero-order valence-electron chi connectivity index (χ0n) is 18.1. The van der Waals surface area contributed by atoms with Crippen LogP contribution in [0.1, 0.15) is 35.7 Å². The fourth-order valence-corrected chi connectivity index (χ4v) is 4.41. The number of fused-ring (bicyclic) bond motifs is 2. The van der Waals surface area contributed by atoms with E-state index in [9.17, 15) is 9.59 Å². The minimum atomic E-state index is -0.394. The van der Waals surface area contributed by atoms with Gasteiger partial charge in [-0.15, -0.1) is 10.2 Å². The van der Waals surface area contributed by atoms with E-state index in [1.165, 1.54) is 6.07 Å². The van der Waals surface area contributed by atoms with Crippen LogP contribution in [0.5, 0.6) is 5.75 Å². The molecule has 32 heavy (non-hydrogen) atoms. The number of amides is 1. The zero-order valence-corrected chi connectivity index (χ0v) is 18.1.